The maximum absolute atomic E-state index is 6.47. The first-order valence-electron chi connectivity index (χ1n) is 8.89. The predicted octanol–water partition coefficient (Wildman–Crippen LogP) is 2.43. The van der Waals surface area contributed by atoms with E-state index < -0.39 is 0 Å². The van der Waals surface area contributed by atoms with Gasteiger partial charge in [-0.2, -0.15) is 0 Å². The average Bonchev–Trinajstić information content (AvgIpc) is 3.42. The molecule has 1 heterocycles. The number of morpholine rings is 1. The van der Waals surface area contributed by atoms with E-state index in [9.17, 15) is 0 Å². The van der Waals surface area contributed by atoms with E-state index in [1.807, 2.05) is 18.2 Å². The fourth-order valence-corrected chi connectivity index (χ4v) is 3.23. The van der Waals surface area contributed by atoms with Crippen LogP contribution in [0.2, 0.25) is 5.02 Å². The largest absolute Gasteiger partial charge is 0.379 e. The standard InChI is InChI=1S/C18H27ClN4O/c1-2-20-18(22-14-7-8-14)21-13-17(23-9-11-24-12-10-23)15-5-3-4-6-16(15)19/h3-6,14,17H,2,7-13H2,1H3,(H2,20,21,22). The molecule has 0 radical (unpaired) electrons. The van der Waals surface area contributed by atoms with Crippen LogP contribution in [-0.4, -0.2) is 56.3 Å². The minimum Gasteiger partial charge on any atom is -0.379 e. The van der Waals surface area contributed by atoms with E-state index in [1.54, 1.807) is 0 Å². The normalized spacial score (nSPS) is 20.7. The molecule has 0 aromatic heterocycles. The van der Waals surface area contributed by atoms with Crippen LogP contribution in [0, 0.1) is 0 Å². The minimum atomic E-state index is 0.178. The fraction of sp³-hybridized carbons (Fsp3) is 0.611. The third kappa shape index (κ3) is 4.85. The number of ether oxygens (including phenoxy) is 1. The Hall–Kier alpha value is -1.30. The van der Waals surface area contributed by atoms with Crippen LogP contribution in [-0.2, 0) is 4.74 Å². The number of guanidine groups is 1. The summed E-state index contributed by atoms with van der Waals surface area (Å²) in [7, 11) is 0. The Morgan fingerprint density at radius 3 is 2.75 bits per heavy atom. The van der Waals surface area contributed by atoms with Crippen molar-refractivity contribution in [3.63, 3.8) is 0 Å². The summed E-state index contributed by atoms with van der Waals surface area (Å²) < 4.78 is 5.51. The Bertz CT molecular complexity index is 556. The molecule has 2 N–H and O–H groups in total. The molecule has 3 rings (SSSR count). The van der Waals surface area contributed by atoms with Gasteiger partial charge in [0.05, 0.1) is 25.8 Å². The maximum Gasteiger partial charge on any atom is 0.191 e. The zero-order valence-corrected chi connectivity index (χ0v) is 15.1. The van der Waals surface area contributed by atoms with Gasteiger partial charge in [-0.3, -0.25) is 9.89 Å². The summed E-state index contributed by atoms with van der Waals surface area (Å²) in [5.41, 5.74) is 1.15. The number of hydrogen-bond acceptors (Lipinski definition) is 3. The maximum atomic E-state index is 6.47. The van der Waals surface area contributed by atoms with Gasteiger partial charge in [-0.15, -0.1) is 0 Å². The minimum absolute atomic E-state index is 0.178. The van der Waals surface area contributed by atoms with Gasteiger partial charge in [0.15, 0.2) is 5.96 Å². The van der Waals surface area contributed by atoms with Crippen LogP contribution >= 0.6 is 11.6 Å². The molecule has 5 nitrogen and oxygen atoms in total. The topological polar surface area (TPSA) is 48.9 Å². The van der Waals surface area contributed by atoms with Crippen molar-refractivity contribution in [2.75, 3.05) is 39.4 Å². The molecule has 1 aromatic carbocycles. The zero-order chi connectivity index (χ0) is 16.8. The summed E-state index contributed by atoms with van der Waals surface area (Å²) in [6, 6.07) is 8.86. The monoisotopic (exact) mass is 350 g/mol. The van der Waals surface area contributed by atoms with Crippen molar-refractivity contribution in [1.29, 1.82) is 0 Å². The molecule has 2 aliphatic rings. The third-order valence-corrected chi connectivity index (χ3v) is 4.78. The summed E-state index contributed by atoms with van der Waals surface area (Å²) in [5.74, 6) is 0.908. The summed E-state index contributed by atoms with van der Waals surface area (Å²) in [6.45, 7) is 7.02. The number of nitrogens with one attached hydrogen (secondary N) is 2. The second-order valence-electron chi connectivity index (χ2n) is 6.32. The van der Waals surface area contributed by atoms with Gasteiger partial charge in [-0.25, -0.2) is 0 Å². The fourth-order valence-electron chi connectivity index (χ4n) is 2.96. The number of hydrogen-bond donors (Lipinski definition) is 2. The lowest BCUT2D eigenvalue weighted by molar-refractivity contribution is 0.0180. The molecule has 1 atom stereocenters. The van der Waals surface area contributed by atoms with Crippen LogP contribution in [0.5, 0.6) is 0 Å². The number of nitrogens with zero attached hydrogens (tertiary/aromatic N) is 2. The molecule has 2 fully saturated rings. The molecule has 1 unspecified atom stereocenters. The summed E-state index contributed by atoms with van der Waals surface area (Å²) >= 11 is 6.47. The van der Waals surface area contributed by atoms with Crippen LogP contribution in [0.3, 0.4) is 0 Å². The Balaban J connectivity index is 1.76. The lowest BCUT2D eigenvalue weighted by Crippen LogP contribution is -2.42. The van der Waals surface area contributed by atoms with Crippen molar-refractivity contribution in [3.8, 4) is 0 Å². The molecular weight excluding hydrogens is 324 g/mol. The highest BCUT2D eigenvalue weighted by molar-refractivity contribution is 6.31. The van der Waals surface area contributed by atoms with Gasteiger partial charge < -0.3 is 15.4 Å². The molecule has 0 amide bonds. The van der Waals surface area contributed by atoms with E-state index >= 15 is 0 Å². The van der Waals surface area contributed by atoms with Crippen LogP contribution < -0.4 is 10.6 Å². The lowest BCUT2D eigenvalue weighted by Gasteiger charge is -2.34. The van der Waals surface area contributed by atoms with Crippen LogP contribution in [0.1, 0.15) is 31.4 Å². The highest BCUT2D eigenvalue weighted by Crippen LogP contribution is 2.28. The first-order chi connectivity index (χ1) is 11.8. The van der Waals surface area contributed by atoms with Gasteiger partial charge in [-0.05, 0) is 31.4 Å². The van der Waals surface area contributed by atoms with Gasteiger partial charge in [0.25, 0.3) is 0 Å². The van der Waals surface area contributed by atoms with E-state index in [-0.39, 0.29) is 6.04 Å². The van der Waals surface area contributed by atoms with Gasteiger partial charge in [0.1, 0.15) is 0 Å². The van der Waals surface area contributed by atoms with Gasteiger partial charge in [-0.1, -0.05) is 29.8 Å². The summed E-state index contributed by atoms with van der Waals surface area (Å²) in [5, 5.41) is 7.63. The van der Waals surface area contributed by atoms with Crippen molar-refractivity contribution in [3.05, 3.63) is 34.9 Å². The number of aliphatic imine (C=N–C) groups is 1. The van der Waals surface area contributed by atoms with Crippen molar-refractivity contribution in [2.45, 2.75) is 31.8 Å². The van der Waals surface area contributed by atoms with Crippen LogP contribution in [0.15, 0.2) is 29.3 Å². The van der Waals surface area contributed by atoms with Gasteiger partial charge in [0.2, 0.25) is 0 Å². The summed E-state index contributed by atoms with van der Waals surface area (Å²) in [4.78, 5) is 7.27. The molecule has 1 aromatic rings. The van der Waals surface area contributed by atoms with Crippen molar-refractivity contribution >= 4 is 17.6 Å². The van der Waals surface area contributed by atoms with E-state index in [1.165, 1.54) is 12.8 Å². The van der Waals surface area contributed by atoms with E-state index in [2.05, 4.69) is 28.5 Å². The molecule has 1 aliphatic carbocycles. The smallest absolute Gasteiger partial charge is 0.191 e. The molecule has 24 heavy (non-hydrogen) atoms. The third-order valence-electron chi connectivity index (χ3n) is 4.44. The Kier molecular flexibility index (Phi) is 6.35. The Morgan fingerprint density at radius 1 is 1.33 bits per heavy atom. The average molecular weight is 351 g/mol. The SMILES string of the molecule is CCNC(=NCC(c1ccccc1Cl)N1CCOCC1)NC1CC1. The molecule has 6 heteroatoms. The second kappa shape index (κ2) is 8.70. The predicted molar refractivity (Wildman–Crippen MR) is 98.7 cm³/mol. The summed E-state index contributed by atoms with van der Waals surface area (Å²) in [6.07, 6.45) is 2.48. The molecule has 1 saturated heterocycles. The van der Waals surface area contributed by atoms with Crippen molar-refractivity contribution in [1.82, 2.24) is 15.5 Å². The van der Waals surface area contributed by atoms with Crippen LogP contribution in [0.25, 0.3) is 0 Å². The Labute approximate surface area is 149 Å². The number of benzene rings is 1. The van der Waals surface area contributed by atoms with Gasteiger partial charge >= 0.3 is 0 Å². The first-order valence-corrected chi connectivity index (χ1v) is 9.26. The highest BCUT2D eigenvalue weighted by atomic mass is 35.5. The van der Waals surface area contributed by atoms with Crippen molar-refractivity contribution in [2.24, 2.45) is 4.99 Å². The zero-order valence-electron chi connectivity index (χ0n) is 14.3. The Morgan fingerprint density at radius 2 is 2.08 bits per heavy atom. The molecular formula is C18H27ClN4O. The molecule has 0 spiro atoms. The van der Waals surface area contributed by atoms with E-state index in [4.69, 9.17) is 21.3 Å². The molecule has 1 saturated carbocycles. The first kappa shape index (κ1) is 17.5. The van der Waals surface area contributed by atoms with E-state index in [0.717, 1.165) is 49.4 Å². The second-order valence-corrected chi connectivity index (χ2v) is 6.73. The highest BCUT2D eigenvalue weighted by Gasteiger charge is 2.25. The van der Waals surface area contributed by atoms with E-state index in [0.29, 0.717) is 12.6 Å². The van der Waals surface area contributed by atoms with Crippen molar-refractivity contribution < 1.29 is 4.74 Å². The van der Waals surface area contributed by atoms with Crippen LogP contribution in [0.4, 0.5) is 0 Å². The number of rotatable bonds is 6. The number of halogens is 1. The van der Waals surface area contributed by atoms with Gasteiger partial charge in [0, 0.05) is 30.7 Å². The molecule has 0 bridgehead atoms. The lowest BCUT2D eigenvalue weighted by atomic mass is 10.0. The molecule has 132 valence electrons. The quantitative estimate of drug-likeness (QED) is 0.611. The molecule has 1 aliphatic heterocycles.